The van der Waals surface area contributed by atoms with Gasteiger partial charge in [-0.15, -0.1) is 0 Å². The van der Waals surface area contributed by atoms with Gasteiger partial charge in [-0.1, -0.05) is 60.5 Å². The zero-order valence-electron chi connectivity index (χ0n) is 20.7. The number of nitrogens with zero attached hydrogens (tertiary/aromatic N) is 2. The predicted octanol–water partition coefficient (Wildman–Crippen LogP) is 4.97. The molecule has 0 bridgehead atoms. The number of aromatic nitrogens is 1. The number of aromatic amines is 1. The number of para-hydroxylation sites is 1. The third-order valence-electron chi connectivity index (χ3n) is 6.64. The number of hydrogen-bond donors (Lipinski definition) is 2. The number of nitrogens with one attached hydrogen (secondary N) is 2. The van der Waals surface area contributed by atoms with Crippen molar-refractivity contribution in [1.82, 2.24) is 10.3 Å². The van der Waals surface area contributed by atoms with Crippen molar-refractivity contribution in [2.75, 3.05) is 11.9 Å². The molecule has 0 spiro atoms. The summed E-state index contributed by atoms with van der Waals surface area (Å²) in [6, 6.07) is 19.9. The number of benzene rings is 3. The molecule has 0 radical (unpaired) electrons. The number of anilines is 1. The molecular weight excluding hydrogens is 523 g/mol. The number of likely N-dealkylation sites (N-methyl/N-ethyl adjacent to an activating group) is 1. The summed E-state index contributed by atoms with van der Waals surface area (Å²) in [6.45, 7) is 1.78. The molecule has 1 unspecified atom stereocenters. The van der Waals surface area contributed by atoms with E-state index in [1.165, 1.54) is 4.90 Å². The lowest BCUT2D eigenvalue weighted by molar-refractivity contribution is -0.129. The van der Waals surface area contributed by atoms with Crippen LogP contribution in [0.3, 0.4) is 0 Å². The Morgan fingerprint density at radius 1 is 1.05 bits per heavy atom. The summed E-state index contributed by atoms with van der Waals surface area (Å²) in [5.41, 5.74) is 3.35. The molecule has 9 heteroatoms. The van der Waals surface area contributed by atoms with E-state index < -0.39 is 12.1 Å². The molecule has 0 saturated heterocycles. The molecule has 1 aliphatic rings. The van der Waals surface area contributed by atoms with Crippen molar-refractivity contribution >= 4 is 57.2 Å². The third-order valence-corrected chi connectivity index (χ3v) is 7.38. The smallest absolute Gasteiger partial charge is 0.272 e. The average Bonchev–Trinajstić information content (AvgIpc) is 3.01. The molecule has 0 aliphatic carbocycles. The molecule has 3 aromatic carbocycles. The summed E-state index contributed by atoms with van der Waals surface area (Å²) in [4.78, 5) is 47.8. The monoisotopic (exact) mass is 546 g/mol. The number of carbonyl (C=O) groups is 2. The minimum atomic E-state index is -1.14. The first-order valence-electron chi connectivity index (χ1n) is 12.0. The zero-order chi connectivity index (χ0) is 27.0. The Morgan fingerprint density at radius 3 is 2.63 bits per heavy atom. The Hall–Kier alpha value is -3.94. The molecule has 2 atom stereocenters. The topological polar surface area (TPSA) is 94.6 Å². The fraction of sp³-hybridized carbons (Fsp3) is 0.172. The van der Waals surface area contributed by atoms with Gasteiger partial charge in [0.25, 0.3) is 11.5 Å². The molecule has 1 aromatic heterocycles. The van der Waals surface area contributed by atoms with Crippen LogP contribution in [0, 0.1) is 5.92 Å². The highest BCUT2D eigenvalue weighted by molar-refractivity contribution is 6.42. The lowest BCUT2D eigenvalue weighted by Crippen LogP contribution is -2.47. The Balaban J connectivity index is 1.51. The van der Waals surface area contributed by atoms with Crippen molar-refractivity contribution in [2.24, 2.45) is 10.9 Å². The first-order chi connectivity index (χ1) is 18.2. The SMILES string of the molecule is C[C@@H](Cc1ccc(Cl)c(Cl)c1)C(=O)NC1N=C(c2ccc3c(=O)[nH]ccc3c2)c2ccccc2N(C)C1=O. The number of carbonyl (C=O) groups excluding carboxylic acids is 2. The van der Waals surface area contributed by atoms with E-state index in [1.807, 2.05) is 42.5 Å². The molecule has 2 amide bonds. The zero-order valence-corrected chi connectivity index (χ0v) is 22.2. The van der Waals surface area contributed by atoms with Crippen LogP contribution >= 0.6 is 23.2 Å². The molecule has 38 heavy (non-hydrogen) atoms. The van der Waals surface area contributed by atoms with Crippen molar-refractivity contribution in [3.8, 4) is 0 Å². The number of aliphatic imine (C=N–C) groups is 1. The van der Waals surface area contributed by atoms with Gasteiger partial charge in [-0.25, -0.2) is 4.99 Å². The van der Waals surface area contributed by atoms with E-state index in [2.05, 4.69) is 10.3 Å². The van der Waals surface area contributed by atoms with E-state index in [4.69, 9.17) is 28.2 Å². The highest BCUT2D eigenvalue weighted by Gasteiger charge is 2.32. The fourth-order valence-corrected chi connectivity index (χ4v) is 4.90. The molecule has 7 nitrogen and oxygen atoms in total. The van der Waals surface area contributed by atoms with Gasteiger partial charge in [-0.2, -0.15) is 0 Å². The van der Waals surface area contributed by atoms with Gasteiger partial charge in [0.2, 0.25) is 12.1 Å². The first kappa shape index (κ1) is 25.7. The Kier molecular flexibility index (Phi) is 7.06. The van der Waals surface area contributed by atoms with Gasteiger partial charge < -0.3 is 15.2 Å². The quantitative estimate of drug-likeness (QED) is 0.370. The summed E-state index contributed by atoms with van der Waals surface area (Å²) in [5, 5.41) is 4.99. The number of H-pyrrole nitrogens is 1. The van der Waals surface area contributed by atoms with Gasteiger partial charge in [0, 0.05) is 35.7 Å². The average molecular weight is 547 g/mol. The molecule has 1 aliphatic heterocycles. The number of benzodiazepines with no additional fused rings is 1. The number of rotatable bonds is 5. The van der Waals surface area contributed by atoms with Gasteiger partial charge in [-0.3, -0.25) is 14.4 Å². The normalized spacial score (nSPS) is 16.0. The lowest BCUT2D eigenvalue weighted by Gasteiger charge is -2.22. The van der Waals surface area contributed by atoms with Crippen LogP contribution in [0.4, 0.5) is 5.69 Å². The van der Waals surface area contributed by atoms with Crippen LogP contribution in [0.25, 0.3) is 10.8 Å². The number of pyridine rings is 1. The van der Waals surface area contributed by atoms with E-state index in [9.17, 15) is 14.4 Å². The van der Waals surface area contributed by atoms with Crippen LogP contribution in [0.1, 0.15) is 23.6 Å². The van der Waals surface area contributed by atoms with Crippen molar-refractivity contribution in [2.45, 2.75) is 19.5 Å². The molecule has 4 aromatic rings. The summed E-state index contributed by atoms with van der Waals surface area (Å²) in [5.74, 6) is -1.14. The van der Waals surface area contributed by atoms with E-state index in [0.29, 0.717) is 33.3 Å². The van der Waals surface area contributed by atoms with Crippen molar-refractivity contribution in [3.05, 3.63) is 110 Å². The van der Waals surface area contributed by atoms with Gasteiger partial charge in [0.1, 0.15) is 0 Å². The van der Waals surface area contributed by atoms with Crippen molar-refractivity contribution < 1.29 is 9.59 Å². The first-order valence-corrected chi connectivity index (χ1v) is 12.8. The molecule has 192 valence electrons. The molecular formula is C29H24Cl2N4O3. The second-order valence-corrected chi connectivity index (χ2v) is 10.1. The molecule has 2 heterocycles. The molecule has 0 fully saturated rings. The highest BCUT2D eigenvalue weighted by Crippen LogP contribution is 2.28. The Morgan fingerprint density at radius 2 is 1.84 bits per heavy atom. The standard InChI is InChI=1S/C29H24Cl2N4O3/c1-16(13-17-7-10-22(30)23(31)14-17)27(36)34-26-29(38)35(2)24-6-4-3-5-21(24)25(33-26)19-8-9-20-18(15-19)11-12-32-28(20)37/h3-12,14-16,26H,13H2,1-2H3,(H,32,37)(H,34,36)/t16-,26?/m0/s1. The maximum Gasteiger partial charge on any atom is 0.272 e. The minimum Gasteiger partial charge on any atom is -0.329 e. The minimum absolute atomic E-state index is 0.187. The van der Waals surface area contributed by atoms with Crippen molar-refractivity contribution in [3.63, 3.8) is 0 Å². The van der Waals surface area contributed by atoms with E-state index in [0.717, 1.165) is 22.1 Å². The van der Waals surface area contributed by atoms with Crippen LogP contribution < -0.4 is 15.8 Å². The van der Waals surface area contributed by atoms with Crippen molar-refractivity contribution in [1.29, 1.82) is 0 Å². The second kappa shape index (κ2) is 10.4. The Labute approximate surface area is 229 Å². The number of halogens is 2. The van der Waals surface area contributed by atoms with Crippen LogP contribution in [0.5, 0.6) is 0 Å². The summed E-state index contributed by atoms with van der Waals surface area (Å²) < 4.78 is 0. The van der Waals surface area contributed by atoms with Gasteiger partial charge in [0.05, 0.1) is 21.4 Å². The summed E-state index contributed by atoms with van der Waals surface area (Å²) in [7, 11) is 1.66. The number of fused-ring (bicyclic) bond motifs is 2. The fourth-order valence-electron chi connectivity index (χ4n) is 4.58. The maximum absolute atomic E-state index is 13.5. The predicted molar refractivity (Wildman–Crippen MR) is 151 cm³/mol. The van der Waals surface area contributed by atoms with Crippen LogP contribution in [-0.4, -0.2) is 35.7 Å². The van der Waals surface area contributed by atoms with Crippen LogP contribution in [0.15, 0.2) is 82.7 Å². The number of amides is 2. The molecule has 2 N–H and O–H groups in total. The van der Waals surface area contributed by atoms with E-state index in [1.54, 1.807) is 44.4 Å². The summed E-state index contributed by atoms with van der Waals surface area (Å²) in [6.07, 6.45) is 0.864. The Bertz CT molecular complexity index is 1660. The van der Waals surface area contributed by atoms with Gasteiger partial charge in [-0.05, 0) is 53.8 Å². The van der Waals surface area contributed by atoms with Gasteiger partial charge in [0.15, 0.2) is 0 Å². The third kappa shape index (κ3) is 4.95. The molecule has 0 saturated carbocycles. The van der Waals surface area contributed by atoms with Crippen LogP contribution in [-0.2, 0) is 16.0 Å². The van der Waals surface area contributed by atoms with Crippen LogP contribution in [0.2, 0.25) is 10.0 Å². The maximum atomic E-state index is 13.5. The largest absolute Gasteiger partial charge is 0.329 e. The molecule has 5 rings (SSSR count). The lowest BCUT2D eigenvalue weighted by atomic mass is 9.98. The highest BCUT2D eigenvalue weighted by atomic mass is 35.5. The van der Waals surface area contributed by atoms with E-state index >= 15 is 0 Å². The van der Waals surface area contributed by atoms with Gasteiger partial charge >= 0.3 is 0 Å². The second-order valence-electron chi connectivity index (χ2n) is 9.27. The van der Waals surface area contributed by atoms with E-state index in [-0.39, 0.29) is 17.4 Å². The summed E-state index contributed by atoms with van der Waals surface area (Å²) >= 11 is 12.1. The number of hydrogen-bond acceptors (Lipinski definition) is 4.